The van der Waals surface area contributed by atoms with Crippen molar-refractivity contribution in [2.75, 3.05) is 6.61 Å². The molecule has 1 aromatic heterocycles. The van der Waals surface area contributed by atoms with Crippen molar-refractivity contribution in [2.24, 2.45) is 0 Å². The molecule has 0 aliphatic rings. The van der Waals surface area contributed by atoms with Gasteiger partial charge in [0.1, 0.15) is 5.75 Å². The molecule has 0 aliphatic carbocycles. The minimum Gasteiger partial charge on any atom is -0.494 e. The van der Waals surface area contributed by atoms with E-state index in [0.717, 1.165) is 22.5 Å². The van der Waals surface area contributed by atoms with Crippen LogP contribution in [-0.2, 0) is 13.1 Å². The number of halogens is 1. The Balaban J connectivity index is 1.96. The third kappa shape index (κ3) is 4.07. The molecule has 112 valence electrons. The Morgan fingerprint density at radius 3 is 2.62 bits per heavy atom. The van der Waals surface area contributed by atoms with E-state index in [-0.39, 0.29) is 5.91 Å². The quantitative estimate of drug-likeness (QED) is 0.870. The van der Waals surface area contributed by atoms with E-state index in [1.165, 1.54) is 0 Å². The van der Waals surface area contributed by atoms with Gasteiger partial charge in [0.25, 0.3) is 5.91 Å². The van der Waals surface area contributed by atoms with E-state index in [1.807, 2.05) is 24.7 Å². The van der Waals surface area contributed by atoms with Crippen LogP contribution in [0.4, 0.5) is 0 Å². The number of amides is 1. The van der Waals surface area contributed by atoms with E-state index in [1.54, 1.807) is 24.3 Å². The molecule has 6 heteroatoms. The SMILES string of the molecule is CCOc1ccc(C(=O)NCc2nn(CC)cc2Br)cc1. The van der Waals surface area contributed by atoms with Crippen molar-refractivity contribution >= 4 is 21.8 Å². The summed E-state index contributed by atoms with van der Waals surface area (Å²) in [4.78, 5) is 12.1. The lowest BCUT2D eigenvalue weighted by molar-refractivity contribution is 0.0950. The molecular formula is C15H18BrN3O2. The van der Waals surface area contributed by atoms with Gasteiger partial charge >= 0.3 is 0 Å². The summed E-state index contributed by atoms with van der Waals surface area (Å²) in [5.41, 5.74) is 1.42. The van der Waals surface area contributed by atoms with Crippen molar-refractivity contribution < 1.29 is 9.53 Å². The van der Waals surface area contributed by atoms with Gasteiger partial charge in [-0.3, -0.25) is 9.48 Å². The maximum Gasteiger partial charge on any atom is 0.251 e. The molecule has 2 aromatic rings. The van der Waals surface area contributed by atoms with Crippen molar-refractivity contribution in [3.63, 3.8) is 0 Å². The Kier molecular flexibility index (Phi) is 5.38. The van der Waals surface area contributed by atoms with E-state index < -0.39 is 0 Å². The lowest BCUT2D eigenvalue weighted by atomic mass is 10.2. The molecule has 0 atom stereocenters. The van der Waals surface area contributed by atoms with Crippen LogP contribution >= 0.6 is 15.9 Å². The van der Waals surface area contributed by atoms with E-state index in [9.17, 15) is 4.79 Å². The number of hydrogen-bond acceptors (Lipinski definition) is 3. The first-order valence-corrected chi connectivity index (χ1v) is 7.66. The molecule has 0 aliphatic heterocycles. The Morgan fingerprint density at radius 1 is 1.33 bits per heavy atom. The summed E-state index contributed by atoms with van der Waals surface area (Å²) in [6.45, 7) is 5.74. The summed E-state index contributed by atoms with van der Waals surface area (Å²) < 4.78 is 8.07. The van der Waals surface area contributed by atoms with Crippen LogP contribution in [0.5, 0.6) is 5.75 Å². The first-order valence-electron chi connectivity index (χ1n) is 6.87. The first-order chi connectivity index (χ1) is 10.1. The molecular weight excluding hydrogens is 334 g/mol. The molecule has 1 heterocycles. The summed E-state index contributed by atoms with van der Waals surface area (Å²) in [7, 11) is 0. The number of ether oxygens (including phenoxy) is 1. The number of aromatic nitrogens is 2. The van der Waals surface area contributed by atoms with Gasteiger partial charge < -0.3 is 10.1 Å². The summed E-state index contributed by atoms with van der Waals surface area (Å²) >= 11 is 3.44. The fourth-order valence-corrected chi connectivity index (χ4v) is 2.31. The number of carbonyl (C=O) groups is 1. The lowest BCUT2D eigenvalue weighted by Gasteiger charge is -2.06. The molecule has 0 radical (unpaired) electrons. The van der Waals surface area contributed by atoms with Crippen LogP contribution in [0.1, 0.15) is 29.9 Å². The fraction of sp³-hybridized carbons (Fsp3) is 0.333. The number of aryl methyl sites for hydroxylation is 1. The lowest BCUT2D eigenvalue weighted by Crippen LogP contribution is -2.23. The number of hydrogen-bond donors (Lipinski definition) is 1. The van der Waals surface area contributed by atoms with Gasteiger partial charge in [-0.2, -0.15) is 5.10 Å². The van der Waals surface area contributed by atoms with Crippen LogP contribution in [-0.4, -0.2) is 22.3 Å². The minimum absolute atomic E-state index is 0.129. The maximum atomic E-state index is 12.1. The summed E-state index contributed by atoms with van der Waals surface area (Å²) in [6, 6.07) is 7.08. The third-order valence-electron chi connectivity index (χ3n) is 2.96. The summed E-state index contributed by atoms with van der Waals surface area (Å²) in [6.07, 6.45) is 1.90. The van der Waals surface area contributed by atoms with Gasteiger partial charge in [0.15, 0.2) is 0 Å². The van der Waals surface area contributed by atoms with E-state index in [0.29, 0.717) is 18.7 Å². The molecule has 0 unspecified atom stereocenters. The van der Waals surface area contributed by atoms with Gasteiger partial charge in [0.2, 0.25) is 0 Å². The molecule has 0 fully saturated rings. The molecule has 0 saturated heterocycles. The zero-order chi connectivity index (χ0) is 15.2. The smallest absolute Gasteiger partial charge is 0.251 e. The minimum atomic E-state index is -0.129. The Labute approximate surface area is 132 Å². The van der Waals surface area contributed by atoms with Crippen LogP contribution < -0.4 is 10.1 Å². The maximum absolute atomic E-state index is 12.1. The van der Waals surface area contributed by atoms with Crippen LogP contribution in [0.2, 0.25) is 0 Å². The normalized spacial score (nSPS) is 10.4. The Bertz CT molecular complexity index is 608. The van der Waals surface area contributed by atoms with Crippen molar-refractivity contribution in [1.82, 2.24) is 15.1 Å². The summed E-state index contributed by atoms with van der Waals surface area (Å²) in [5, 5.41) is 7.23. The molecule has 0 bridgehead atoms. The molecule has 0 saturated carbocycles. The summed E-state index contributed by atoms with van der Waals surface area (Å²) in [5.74, 6) is 0.634. The molecule has 0 spiro atoms. The van der Waals surface area contributed by atoms with Crippen LogP contribution in [0, 0.1) is 0 Å². The van der Waals surface area contributed by atoms with Crippen molar-refractivity contribution in [3.8, 4) is 5.75 Å². The Hall–Kier alpha value is -1.82. The first kappa shape index (κ1) is 15.6. The number of benzene rings is 1. The van der Waals surface area contributed by atoms with Crippen molar-refractivity contribution in [2.45, 2.75) is 26.9 Å². The van der Waals surface area contributed by atoms with Crippen molar-refractivity contribution in [3.05, 3.63) is 46.2 Å². The third-order valence-corrected chi connectivity index (χ3v) is 3.62. The van der Waals surface area contributed by atoms with E-state index in [2.05, 4.69) is 26.3 Å². The molecule has 1 amide bonds. The van der Waals surface area contributed by atoms with Gasteiger partial charge in [-0.05, 0) is 54.0 Å². The van der Waals surface area contributed by atoms with Crippen LogP contribution in [0.3, 0.4) is 0 Å². The average molecular weight is 352 g/mol. The standard InChI is InChI=1S/C15H18BrN3O2/c1-3-19-10-13(16)14(18-19)9-17-15(20)11-5-7-12(8-6-11)21-4-2/h5-8,10H,3-4,9H2,1-2H3,(H,17,20). The van der Waals surface area contributed by atoms with Gasteiger partial charge in [-0.25, -0.2) is 0 Å². The largest absolute Gasteiger partial charge is 0.494 e. The predicted octanol–water partition coefficient (Wildman–Crippen LogP) is 2.99. The van der Waals surface area contributed by atoms with E-state index >= 15 is 0 Å². The van der Waals surface area contributed by atoms with Gasteiger partial charge in [-0.15, -0.1) is 0 Å². The molecule has 1 N–H and O–H groups in total. The number of carbonyl (C=O) groups excluding carboxylic acids is 1. The number of nitrogens with zero attached hydrogens (tertiary/aromatic N) is 2. The zero-order valence-corrected chi connectivity index (χ0v) is 13.7. The predicted molar refractivity (Wildman–Crippen MR) is 84.4 cm³/mol. The van der Waals surface area contributed by atoms with Crippen molar-refractivity contribution in [1.29, 1.82) is 0 Å². The van der Waals surface area contributed by atoms with Crippen LogP contribution in [0.25, 0.3) is 0 Å². The number of rotatable bonds is 6. The second-order valence-corrected chi connectivity index (χ2v) is 5.27. The fourth-order valence-electron chi connectivity index (χ4n) is 1.85. The zero-order valence-electron chi connectivity index (χ0n) is 12.1. The molecule has 1 aromatic carbocycles. The highest BCUT2D eigenvalue weighted by molar-refractivity contribution is 9.10. The highest BCUT2D eigenvalue weighted by Gasteiger charge is 2.09. The average Bonchev–Trinajstić information content (AvgIpc) is 2.86. The van der Waals surface area contributed by atoms with Crippen LogP contribution in [0.15, 0.2) is 34.9 Å². The van der Waals surface area contributed by atoms with Gasteiger partial charge in [0.05, 0.1) is 23.3 Å². The monoisotopic (exact) mass is 351 g/mol. The number of nitrogens with one attached hydrogen (secondary N) is 1. The highest BCUT2D eigenvalue weighted by atomic mass is 79.9. The second kappa shape index (κ2) is 7.26. The highest BCUT2D eigenvalue weighted by Crippen LogP contribution is 2.15. The van der Waals surface area contributed by atoms with Gasteiger partial charge in [-0.1, -0.05) is 0 Å². The molecule has 21 heavy (non-hydrogen) atoms. The topological polar surface area (TPSA) is 56.1 Å². The Morgan fingerprint density at radius 2 is 2.05 bits per heavy atom. The van der Waals surface area contributed by atoms with E-state index in [4.69, 9.17) is 4.74 Å². The van der Waals surface area contributed by atoms with Gasteiger partial charge in [0, 0.05) is 18.3 Å². The molecule has 2 rings (SSSR count). The molecule has 5 nitrogen and oxygen atoms in total. The second-order valence-electron chi connectivity index (χ2n) is 4.42.